The van der Waals surface area contributed by atoms with Crippen molar-refractivity contribution in [3.8, 4) is 0 Å². The van der Waals surface area contributed by atoms with Gasteiger partial charge in [0.25, 0.3) is 0 Å². The molecule has 0 bridgehead atoms. The normalized spacial score (nSPS) is 26.2. The van der Waals surface area contributed by atoms with E-state index in [4.69, 9.17) is 0 Å². The molecule has 0 saturated carbocycles. The third kappa shape index (κ3) is 17.6. The Labute approximate surface area is 288 Å². The Morgan fingerprint density at radius 2 is 0.980 bits per heavy atom. The zero-order valence-electron chi connectivity index (χ0n) is 29.0. The highest BCUT2D eigenvalue weighted by molar-refractivity contribution is 5.92. The first-order chi connectivity index (χ1) is 23.5. The summed E-state index contributed by atoms with van der Waals surface area (Å²) in [6, 6.07) is -3.13. The second-order valence-corrected chi connectivity index (χ2v) is 12.6. The van der Waals surface area contributed by atoms with Gasteiger partial charge in [-0.1, -0.05) is 0 Å². The van der Waals surface area contributed by atoms with Crippen molar-refractivity contribution in [2.75, 3.05) is 52.9 Å². The maximum absolute atomic E-state index is 13.5. The molecule has 8 N–H and O–H groups in total. The maximum atomic E-state index is 13.5. The quantitative estimate of drug-likeness (QED) is 0.150. The largest absolute Gasteiger partial charge is 0.356 e. The van der Waals surface area contributed by atoms with E-state index < -0.39 is 24.2 Å². The molecular weight excluding hydrogens is 636 g/mol. The maximum Gasteiger partial charge on any atom is 0.220 e. The van der Waals surface area contributed by atoms with E-state index in [9.17, 15) is 38.4 Å². The number of amides is 4. The van der Waals surface area contributed by atoms with Gasteiger partial charge in [0, 0.05) is 51.9 Å². The van der Waals surface area contributed by atoms with Gasteiger partial charge in [0.15, 0.2) is 17.3 Å². The van der Waals surface area contributed by atoms with E-state index in [-0.39, 0.29) is 118 Å². The molecule has 2 fully saturated rings. The van der Waals surface area contributed by atoms with Crippen LogP contribution in [0.5, 0.6) is 0 Å². The topological polar surface area (TPSA) is 233 Å². The number of carbonyl (C=O) groups is 8. The van der Waals surface area contributed by atoms with Gasteiger partial charge in [0.1, 0.15) is 5.78 Å². The van der Waals surface area contributed by atoms with Crippen LogP contribution in [0.2, 0.25) is 0 Å². The van der Waals surface area contributed by atoms with Crippen molar-refractivity contribution in [1.29, 1.82) is 0 Å². The van der Waals surface area contributed by atoms with Gasteiger partial charge >= 0.3 is 0 Å². The van der Waals surface area contributed by atoms with Crippen LogP contribution in [0.3, 0.4) is 0 Å². The van der Waals surface area contributed by atoms with Gasteiger partial charge in [0.05, 0.1) is 43.8 Å². The van der Waals surface area contributed by atoms with Gasteiger partial charge in [-0.2, -0.15) is 0 Å². The number of hydrogen-bond donors (Lipinski definition) is 8. The Kier molecular flexibility index (Phi) is 20.1. The number of nitrogens with one attached hydrogen (secondary N) is 8. The van der Waals surface area contributed by atoms with Crippen LogP contribution in [0, 0.1) is 0 Å². The van der Waals surface area contributed by atoms with Crippen molar-refractivity contribution < 1.29 is 38.4 Å². The Balaban J connectivity index is 2.14. The monoisotopic (exact) mass is 692 g/mol. The summed E-state index contributed by atoms with van der Waals surface area (Å²) in [4.78, 5) is 102. The Morgan fingerprint density at radius 1 is 0.592 bits per heavy atom. The predicted molar refractivity (Wildman–Crippen MR) is 181 cm³/mol. The summed E-state index contributed by atoms with van der Waals surface area (Å²) in [5.41, 5.74) is 0. The summed E-state index contributed by atoms with van der Waals surface area (Å²) >= 11 is 0. The van der Waals surface area contributed by atoms with Crippen LogP contribution in [0.1, 0.15) is 84.0 Å². The lowest BCUT2D eigenvalue weighted by Gasteiger charge is -2.23. The average molecular weight is 693 g/mol. The van der Waals surface area contributed by atoms with E-state index in [1.807, 2.05) is 0 Å². The lowest BCUT2D eigenvalue weighted by Crippen LogP contribution is -2.51. The Hall–Kier alpha value is -3.60. The molecule has 0 aromatic carbocycles. The van der Waals surface area contributed by atoms with E-state index in [1.54, 1.807) is 7.05 Å². The molecule has 0 aromatic rings. The molecule has 2 saturated heterocycles. The standard InChI is InChI=1S/C33H56N8O8/c1-22(42)23-7-11-30(46)35-15-3-5-17-37-32(48)13-9-25(28(44)20-39-23)41-21-29(45)26-10-14-33(49)38-18-6-4-16-36-31(47)12-8-24(34-2)27(43)19-40-26/h23-26,34,39-41H,3-21H2,1-2H3,(H,35,46)(H,36,47)(H,37,48)(H,38,49)/t23-,24-,25-,26-/m0/s1. The lowest BCUT2D eigenvalue weighted by atomic mass is 10.0. The van der Waals surface area contributed by atoms with Crippen LogP contribution in [0.25, 0.3) is 0 Å². The van der Waals surface area contributed by atoms with Crippen molar-refractivity contribution in [2.24, 2.45) is 0 Å². The first-order valence-corrected chi connectivity index (χ1v) is 17.5. The number of ketones is 4. The predicted octanol–water partition coefficient (Wildman–Crippen LogP) is -2.08. The van der Waals surface area contributed by atoms with Crippen molar-refractivity contribution in [2.45, 2.75) is 108 Å². The summed E-state index contributed by atoms with van der Waals surface area (Å²) < 4.78 is 0. The average Bonchev–Trinajstić information content (AvgIpc) is 3.07. The number of likely N-dealkylation sites (N-methyl/N-ethyl adjacent to an activating group) is 1. The fourth-order valence-electron chi connectivity index (χ4n) is 5.58. The van der Waals surface area contributed by atoms with E-state index in [0.717, 1.165) is 0 Å². The molecule has 0 aromatic heterocycles. The molecule has 49 heavy (non-hydrogen) atoms. The van der Waals surface area contributed by atoms with Gasteiger partial charge < -0.3 is 42.5 Å². The molecule has 276 valence electrons. The first-order valence-electron chi connectivity index (χ1n) is 17.5. The molecule has 2 heterocycles. The van der Waals surface area contributed by atoms with E-state index in [2.05, 4.69) is 42.5 Å². The highest BCUT2D eigenvalue weighted by atomic mass is 16.2. The van der Waals surface area contributed by atoms with Crippen LogP contribution in [-0.4, -0.2) is 124 Å². The summed E-state index contributed by atoms with van der Waals surface area (Å²) in [7, 11) is 1.62. The summed E-state index contributed by atoms with van der Waals surface area (Å²) in [5.74, 6) is -2.08. The first kappa shape index (κ1) is 41.6. The molecule has 0 unspecified atom stereocenters. The minimum atomic E-state index is -0.909. The van der Waals surface area contributed by atoms with Crippen LogP contribution in [0.4, 0.5) is 0 Å². The number of hydrogen-bond acceptors (Lipinski definition) is 12. The fraction of sp³-hybridized carbons (Fsp3) is 0.758. The highest BCUT2D eigenvalue weighted by Crippen LogP contribution is 2.06. The van der Waals surface area contributed by atoms with Crippen LogP contribution in [-0.2, 0) is 38.4 Å². The van der Waals surface area contributed by atoms with Gasteiger partial charge in [0.2, 0.25) is 23.6 Å². The third-order valence-electron chi connectivity index (χ3n) is 8.71. The molecule has 2 aliphatic heterocycles. The van der Waals surface area contributed by atoms with Gasteiger partial charge in [-0.3, -0.25) is 38.4 Å². The summed E-state index contributed by atoms with van der Waals surface area (Å²) in [6.07, 6.45) is 3.68. The van der Waals surface area contributed by atoms with E-state index in [0.29, 0.717) is 51.9 Å². The van der Waals surface area contributed by atoms with Crippen molar-refractivity contribution >= 4 is 46.8 Å². The fourth-order valence-corrected chi connectivity index (χ4v) is 5.58. The van der Waals surface area contributed by atoms with E-state index >= 15 is 0 Å². The molecule has 16 nitrogen and oxygen atoms in total. The minimum absolute atomic E-state index is 0.0181. The second kappa shape index (κ2) is 23.7. The zero-order chi connectivity index (χ0) is 36.0. The van der Waals surface area contributed by atoms with Crippen molar-refractivity contribution in [3.63, 3.8) is 0 Å². The number of rotatable bonds is 6. The molecule has 4 atom stereocenters. The van der Waals surface area contributed by atoms with Crippen molar-refractivity contribution in [3.05, 3.63) is 0 Å². The molecule has 2 aliphatic rings. The molecule has 0 radical (unpaired) electrons. The van der Waals surface area contributed by atoms with Gasteiger partial charge in [-0.15, -0.1) is 0 Å². The minimum Gasteiger partial charge on any atom is -0.356 e. The molecule has 4 amide bonds. The zero-order valence-corrected chi connectivity index (χ0v) is 29.0. The SMILES string of the molecule is CN[C@H]1CCC(=O)NCCCCNC(=O)CC[C@@H](C(=O)CN[C@H]2CCC(=O)NCCCCNC(=O)CC[C@@H](C(C)=O)NCC2=O)NCC1=O. The van der Waals surface area contributed by atoms with Crippen molar-refractivity contribution in [1.82, 2.24) is 42.5 Å². The van der Waals surface area contributed by atoms with Gasteiger partial charge in [-0.25, -0.2) is 0 Å². The molecule has 2 rings (SSSR count). The number of Topliss-reactive ketones (excluding diaryl/α,β-unsaturated/α-hetero) is 4. The smallest absolute Gasteiger partial charge is 0.220 e. The van der Waals surface area contributed by atoms with Gasteiger partial charge in [-0.05, 0) is 65.3 Å². The molecule has 0 spiro atoms. The Bertz CT molecular complexity index is 1150. The summed E-state index contributed by atoms with van der Waals surface area (Å²) in [5, 5.41) is 23.1. The third-order valence-corrected chi connectivity index (χ3v) is 8.71. The lowest BCUT2D eigenvalue weighted by molar-refractivity contribution is -0.124. The van der Waals surface area contributed by atoms with E-state index in [1.165, 1.54) is 6.92 Å². The van der Waals surface area contributed by atoms with Crippen LogP contribution >= 0.6 is 0 Å². The molecular formula is C33H56N8O8. The van der Waals surface area contributed by atoms with Crippen LogP contribution in [0.15, 0.2) is 0 Å². The number of carbonyl (C=O) groups excluding carboxylic acids is 8. The highest BCUT2D eigenvalue weighted by Gasteiger charge is 2.27. The summed E-state index contributed by atoms with van der Waals surface area (Å²) in [6.45, 7) is 2.46. The van der Waals surface area contributed by atoms with Crippen LogP contribution < -0.4 is 42.5 Å². The second-order valence-electron chi connectivity index (χ2n) is 12.6. The molecule has 0 aliphatic carbocycles. The Morgan fingerprint density at radius 3 is 1.43 bits per heavy atom. The molecule has 16 heteroatoms.